The number of nitrogens with two attached hydrogens (primary N) is 1. The smallest absolute Gasteiger partial charge is 0.0374 e. The van der Waals surface area contributed by atoms with E-state index >= 15 is 0 Å². The van der Waals surface area contributed by atoms with Crippen molar-refractivity contribution < 1.29 is 0 Å². The van der Waals surface area contributed by atoms with E-state index in [1.807, 2.05) is 6.07 Å². The molecule has 2 rings (SSSR count). The molecule has 2 unspecified atom stereocenters. The van der Waals surface area contributed by atoms with Crippen molar-refractivity contribution in [3.8, 4) is 0 Å². The van der Waals surface area contributed by atoms with Gasteiger partial charge < -0.3 is 15.5 Å². The van der Waals surface area contributed by atoms with E-state index in [1.165, 1.54) is 18.5 Å². The minimum Gasteiger partial charge on any atom is -0.326 e. The minimum atomic E-state index is 0.171. The maximum absolute atomic E-state index is 6.48. The van der Waals surface area contributed by atoms with Gasteiger partial charge in [0.15, 0.2) is 0 Å². The second-order valence-electron chi connectivity index (χ2n) is 5.62. The summed E-state index contributed by atoms with van der Waals surface area (Å²) in [5.74, 6) is 0. The van der Waals surface area contributed by atoms with E-state index in [0.29, 0.717) is 6.04 Å². The minimum absolute atomic E-state index is 0.171. The highest BCUT2D eigenvalue weighted by Gasteiger charge is 2.26. The lowest BCUT2D eigenvalue weighted by molar-refractivity contribution is 0.195. The molecule has 106 valence electrons. The van der Waals surface area contributed by atoms with Crippen molar-refractivity contribution in [3.63, 3.8) is 0 Å². The van der Waals surface area contributed by atoms with Crippen LogP contribution in [0.1, 0.15) is 12.0 Å². The van der Waals surface area contributed by atoms with Crippen molar-refractivity contribution in [1.82, 2.24) is 9.80 Å². The van der Waals surface area contributed by atoms with Crippen molar-refractivity contribution in [2.24, 2.45) is 5.73 Å². The molecular weight excluding hydrogens is 302 g/mol. The van der Waals surface area contributed by atoms with Crippen LogP contribution in [0.4, 0.5) is 0 Å². The SMILES string of the molecule is CN1CCCN(C)C(C(N)Cc2ccccc2Br)C1. The van der Waals surface area contributed by atoms with Crippen molar-refractivity contribution in [2.75, 3.05) is 33.7 Å². The summed E-state index contributed by atoms with van der Waals surface area (Å²) in [7, 11) is 4.39. The van der Waals surface area contributed by atoms with Gasteiger partial charge in [-0.25, -0.2) is 0 Å². The number of benzene rings is 1. The first-order valence-electron chi connectivity index (χ1n) is 6.95. The monoisotopic (exact) mass is 325 g/mol. The Labute approximate surface area is 124 Å². The summed E-state index contributed by atoms with van der Waals surface area (Å²) in [6, 6.07) is 8.97. The van der Waals surface area contributed by atoms with Gasteiger partial charge in [-0.05, 0) is 51.7 Å². The third kappa shape index (κ3) is 4.02. The van der Waals surface area contributed by atoms with Gasteiger partial charge in [0.25, 0.3) is 0 Å². The standard InChI is InChI=1S/C15H24BrN3/c1-18-8-5-9-19(2)15(11-18)14(17)10-12-6-3-4-7-13(12)16/h3-4,6-7,14-15H,5,8-11,17H2,1-2H3. The lowest BCUT2D eigenvalue weighted by Gasteiger charge is -2.32. The predicted octanol–water partition coefficient (Wildman–Crippen LogP) is 1.95. The molecule has 0 aromatic heterocycles. The Hall–Kier alpha value is -0.420. The largest absolute Gasteiger partial charge is 0.326 e. The van der Waals surface area contributed by atoms with E-state index in [2.05, 4.69) is 58.0 Å². The summed E-state index contributed by atoms with van der Waals surface area (Å²) in [4.78, 5) is 4.82. The summed E-state index contributed by atoms with van der Waals surface area (Å²) in [6.45, 7) is 3.36. The van der Waals surface area contributed by atoms with Crippen LogP contribution in [0, 0.1) is 0 Å². The molecule has 0 aliphatic carbocycles. The van der Waals surface area contributed by atoms with Crippen LogP contribution in [0.2, 0.25) is 0 Å². The Morgan fingerprint density at radius 2 is 2.05 bits per heavy atom. The molecule has 0 bridgehead atoms. The molecule has 1 aliphatic heterocycles. The molecule has 0 saturated carbocycles. The highest BCUT2D eigenvalue weighted by molar-refractivity contribution is 9.10. The van der Waals surface area contributed by atoms with Crippen LogP contribution < -0.4 is 5.73 Å². The summed E-state index contributed by atoms with van der Waals surface area (Å²) in [6.07, 6.45) is 2.15. The normalized spacial score (nSPS) is 24.1. The van der Waals surface area contributed by atoms with Gasteiger partial charge in [-0.1, -0.05) is 34.1 Å². The van der Waals surface area contributed by atoms with E-state index in [1.54, 1.807) is 0 Å². The van der Waals surface area contributed by atoms with Crippen molar-refractivity contribution >= 4 is 15.9 Å². The van der Waals surface area contributed by atoms with E-state index in [9.17, 15) is 0 Å². The second kappa shape index (κ2) is 6.84. The van der Waals surface area contributed by atoms with E-state index in [0.717, 1.165) is 24.0 Å². The molecule has 3 nitrogen and oxygen atoms in total. The first kappa shape index (κ1) is 15.0. The number of halogens is 1. The molecule has 2 N–H and O–H groups in total. The molecule has 0 amide bonds. The Kier molecular flexibility index (Phi) is 5.39. The third-order valence-corrected chi connectivity index (χ3v) is 4.80. The summed E-state index contributed by atoms with van der Waals surface area (Å²) in [5, 5.41) is 0. The molecular formula is C15H24BrN3. The van der Waals surface area contributed by atoms with Gasteiger partial charge >= 0.3 is 0 Å². The molecule has 1 aliphatic rings. The number of nitrogens with zero attached hydrogens (tertiary/aromatic N) is 2. The van der Waals surface area contributed by atoms with Crippen LogP contribution in [-0.2, 0) is 6.42 Å². The summed E-state index contributed by atoms with van der Waals surface area (Å²) in [5.41, 5.74) is 7.78. The predicted molar refractivity (Wildman–Crippen MR) is 84.4 cm³/mol. The van der Waals surface area contributed by atoms with Crippen LogP contribution in [0.25, 0.3) is 0 Å². The Bertz CT molecular complexity index is 410. The average molecular weight is 326 g/mol. The van der Waals surface area contributed by atoms with E-state index in [4.69, 9.17) is 5.73 Å². The summed E-state index contributed by atoms with van der Waals surface area (Å²) >= 11 is 3.61. The molecule has 0 radical (unpaired) electrons. The van der Waals surface area contributed by atoms with Gasteiger partial charge in [0.1, 0.15) is 0 Å². The van der Waals surface area contributed by atoms with Gasteiger partial charge in [0.2, 0.25) is 0 Å². The molecule has 19 heavy (non-hydrogen) atoms. The lowest BCUT2D eigenvalue weighted by Crippen LogP contribution is -2.51. The zero-order valence-electron chi connectivity index (χ0n) is 11.8. The molecule has 1 fully saturated rings. The van der Waals surface area contributed by atoms with Crippen LogP contribution in [0.15, 0.2) is 28.7 Å². The molecule has 4 heteroatoms. The van der Waals surface area contributed by atoms with Gasteiger partial charge in [-0.3, -0.25) is 0 Å². The molecule has 1 aromatic carbocycles. The fraction of sp³-hybridized carbons (Fsp3) is 0.600. The van der Waals surface area contributed by atoms with Gasteiger partial charge in [-0.15, -0.1) is 0 Å². The van der Waals surface area contributed by atoms with Crippen molar-refractivity contribution in [2.45, 2.75) is 24.9 Å². The Balaban J connectivity index is 2.05. The topological polar surface area (TPSA) is 32.5 Å². The Morgan fingerprint density at radius 3 is 2.79 bits per heavy atom. The van der Waals surface area contributed by atoms with Crippen LogP contribution in [0.3, 0.4) is 0 Å². The molecule has 1 heterocycles. The van der Waals surface area contributed by atoms with Gasteiger partial charge in [0.05, 0.1) is 0 Å². The zero-order valence-corrected chi connectivity index (χ0v) is 13.4. The quantitative estimate of drug-likeness (QED) is 0.922. The first-order valence-corrected chi connectivity index (χ1v) is 7.75. The number of likely N-dealkylation sites (N-methyl/N-ethyl adjacent to an activating group) is 2. The number of rotatable bonds is 3. The number of hydrogen-bond donors (Lipinski definition) is 1. The van der Waals surface area contributed by atoms with E-state index < -0.39 is 0 Å². The van der Waals surface area contributed by atoms with Gasteiger partial charge in [0, 0.05) is 23.1 Å². The van der Waals surface area contributed by atoms with Crippen LogP contribution in [0.5, 0.6) is 0 Å². The molecule has 2 atom stereocenters. The lowest BCUT2D eigenvalue weighted by atomic mass is 9.99. The molecule has 1 aromatic rings. The molecule has 0 spiro atoms. The average Bonchev–Trinajstić information content (AvgIpc) is 2.54. The van der Waals surface area contributed by atoms with E-state index in [-0.39, 0.29) is 6.04 Å². The third-order valence-electron chi connectivity index (χ3n) is 4.02. The van der Waals surface area contributed by atoms with Crippen molar-refractivity contribution in [1.29, 1.82) is 0 Å². The second-order valence-corrected chi connectivity index (χ2v) is 6.48. The van der Waals surface area contributed by atoms with Crippen LogP contribution in [-0.4, -0.2) is 55.6 Å². The fourth-order valence-electron chi connectivity index (χ4n) is 2.82. The van der Waals surface area contributed by atoms with Gasteiger partial charge in [-0.2, -0.15) is 0 Å². The highest BCUT2D eigenvalue weighted by Crippen LogP contribution is 2.19. The Morgan fingerprint density at radius 1 is 1.32 bits per heavy atom. The zero-order chi connectivity index (χ0) is 13.8. The fourth-order valence-corrected chi connectivity index (χ4v) is 3.27. The number of hydrogen-bond acceptors (Lipinski definition) is 3. The first-order chi connectivity index (χ1) is 9.08. The molecule has 1 saturated heterocycles. The summed E-state index contributed by atoms with van der Waals surface area (Å²) < 4.78 is 1.16. The highest BCUT2D eigenvalue weighted by atomic mass is 79.9. The van der Waals surface area contributed by atoms with Crippen LogP contribution >= 0.6 is 15.9 Å². The maximum Gasteiger partial charge on any atom is 0.0374 e. The van der Waals surface area contributed by atoms with Crippen molar-refractivity contribution in [3.05, 3.63) is 34.3 Å². The maximum atomic E-state index is 6.48.